The van der Waals surface area contributed by atoms with Gasteiger partial charge in [0.15, 0.2) is 0 Å². The fourth-order valence-electron chi connectivity index (χ4n) is 3.03. The number of nitrogens with zero attached hydrogens (tertiary/aromatic N) is 2. The lowest BCUT2D eigenvalue weighted by molar-refractivity contribution is -0.898. The van der Waals surface area contributed by atoms with Gasteiger partial charge in [-0.25, -0.2) is 0 Å². The van der Waals surface area contributed by atoms with Crippen molar-refractivity contribution >= 4 is 28.9 Å². The third-order valence-corrected chi connectivity index (χ3v) is 4.75. The van der Waals surface area contributed by atoms with Crippen LogP contribution in [0.3, 0.4) is 0 Å². The molecule has 0 saturated carbocycles. The van der Waals surface area contributed by atoms with Crippen LogP contribution in [-0.4, -0.2) is 43.6 Å². The van der Waals surface area contributed by atoms with Crippen molar-refractivity contribution in [3.63, 3.8) is 0 Å². The zero-order valence-electron chi connectivity index (χ0n) is 13.8. The minimum atomic E-state index is -0.176. The van der Waals surface area contributed by atoms with E-state index in [9.17, 15) is 4.79 Å². The first-order valence-electron chi connectivity index (χ1n) is 8.27. The summed E-state index contributed by atoms with van der Waals surface area (Å²) >= 11 is 6.45. The average molecular weight is 346 g/mol. The molecule has 2 heterocycles. The number of carbonyl (C=O) groups is 1. The number of hydrogen-bond donors (Lipinski definition) is 2. The number of pyridine rings is 1. The normalized spacial score (nSPS) is 15.3. The predicted molar refractivity (Wildman–Crippen MR) is 97.1 cm³/mol. The van der Waals surface area contributed by atoms with Gasteiger partial charge in [0, 0.05) is 12.4 Å². The topological polar surface area (TPSA) is 49.7 Å². The highest BCUT2D eigenvalue weighted by molar-refractivity contribution is 6.34. The summed E-state index contributed by atoms with van der Waals surface area (Å²) in [5.74, 6) is -0.176. The highest BCUT2D eigenvalue weighted by Crippen LogP contribution is 2.34. The van der Waals surface area contributed by atoms with E-state index in [4.69, 9.17) is 11.6 Å². The summed E-state index contributed by atoms with van der Waals surface area (Å²) in [6.07, 6.45) is 3.21. The number of rotatable bonds is 4. The number of nitrogens with one attached hydrogen (secondary N) is 2. The van der Waals surface area contributed by atoms with E-state index in [-0.39, 0.29) is 5.91 Å². The van der Waals surface area contributed by atoms with Crippen LogP contribution in [0.5, 0.6) is 0 Å². The molecule has 126 valence electrons. The molecule has 1 aliphatic heterocycles. The molecule has 0 radical (unpaired) electrons. The third-order valence-electron chi connectivity index (χ3n) is 4.45. The molecule has 5 nitrogen and oxygen atoms in total. The van der Waals surface area contributed by atoms with Crippen LogP contribution in [0.25, 0.3) is 0 Å². The van der Waals surface area contributed by atoms with Gasteiger partial charge in [-0.2, -0.15) is 0 Å². The minimum absolute atomic E-state index is 0.176. The molecule has 24 heavy (non-hydrogen) atoms. The van der Waals surface area contributed by atoms with Crippen LogP contribution < -0.4 is 15.1 Å². The number of halogens is 1. The summed E-state index contributed by atoms with van der Waals surface area (Å²) < 4.78 is 0. The average Bonchev–Trinajstić information content (AvgIpc) is 2.63. The molecule has 0 bridgehead atoms. The molecule has 0 atom stereocenters. The lowest BCUT2D eigenvalue weighted by Crippen LogP contribution is -3.14. The number of amides is 1. The van der Waals surface area contributed by atoms with Gasteiger partial charge in [-0.1, -0.05) is 17.7 Å². The number of para-hydroxylation sites is 1. The van der Waals surface area contributed by atoms with Crippen LogP contribution in [0.1, 0.15) is 17.3 Å². The first-order chi connectivity index (χ1) is 11.7. The standard InChI is InChI=1S/C18H21ClN4O/c1-2-22-9-11-23(12-10-22)17-15(19)6-3-7-16(17)21-18(24)14-5-4-8-20-13-14/h3-8,13H,2,9-12H2,1H3,(H,21,24)/p+1. The van der Waals surface area contributed by atoms with E-state index in [1.807, 2.05) is 18.2 Å². The molecular weight excluding hydrogens is 324 g/mol. The molecule has 0 unspecified atom stereocenters. The number of aromatic nitrogens is 1. The smallest absolute Gasteiger partial charge is 0.257 e. The van der Waals surface area contributed by atoms with Gasteiger partial charge in [0.2, 0.25) is 0 Å². The van der Waals surface area contributed by atoms with Gasteiger partial charge in [0.1, 0.15) is 0 Å². The van der Waals surface area contributed by atoms with E-state index < -0.39 is 0 Å². The van der Waals surface area contributed by atoms with Crippen LogP contribution in [0, 0.1) is 0 Å². The van der Waals surface area contributed by atoms with E-state index >= 15 is 0 Å². The summed E-state index contributed by atoms with van der Waals surface area (Å²) in [5, 5.41) is 3.64. The molecule has 1 amide bonds. The van der Waals surface area contributed by atoms with Crippen LogP contribution in [0.15, 0.2) is 42.7 Å². The summed E-state index contributed by atoms with van der Waals surface area (Å²) in [7, 11) is 0. The van der Waals surface area contributed by atoms with Crippen molar-refractivity contribution in [1.82, 2.24) is 4.98 Å². The van der Waals surface area contributed by atoms with Gasteiger partial charge >= 0.3 is 0 Å². The van der Waals surface area contributed by atoms with Crippen molar-refractivity contribution < 1.29 is 9.69 Å². The molecule has 6 heteroatoms. The Kier molecular flexibility index (Phi) is 5.33. The summed E-state index contributed by atoms with van der Waals surface area (Å²) in [5.41, 5.74) is 2.19. The maximum atomic E-state index is 12.4. The predicted octanol–water partition coefficient (Wildman–Crippen LogP) is 1.71. The lowest BCUT2D eigenvalue weighted by atomic mass is 10.2. The van der Waals surface area contributed by atoms with Gasteiger partial charge < -0.3 is 15.1 Å². The summed E-state index contributed by atoms with van der Waals surface area (Å²) in [6.45, 7) is 7.38. The highest BCUT2D eigenvalue weighted by atomic mass is 35.5. The van der Waals surface area contributed by atoms with E-state index in [2.05, 4.69) is 22.1 Å². The van der Waals surface area contributed by atoms with Gasteiger partial charge in [-0.05, 0) is 31.2 Å². The summed E-state index contributed by atoms with van der Waals surface area (Å²) in [4.78, 5) is 20.3. The van der Waals surface area contributed by atoms with Crippen LogP contribution in [0.2, 0.25) is 5.02 Å². The fourth-order valence-corrected chi connectivity index (χ4v) is 3.32. The van der Waals surface area contributed by atoms with Crippen LogP contribution in [0.4, 0.5) is 11.4 Å². The van der Waals surface area contributed by atoms with Gasteiger partial charge in [-0.15, -0.1) is 0 Å². The first kappa shape index (κ1) is 16.7. The number of likely N-dealkylation sites (N-methyl/N-ethyl adjacent to an activating group) is 1. The van der Waals surface area contributed by atoms with Crippen molar-refractivity contribution in [2.75, 3.05) is 42.9 Å². The molecule has 2 N–H and O–H groups in total. The lowest BCUT2D eigenvalue weighted by Gasteiger charge is -2.34. The Morgan fingerprint density at radius 3 is 2.75 bits per heavy atom. The second kappa shape index (κ2) is 7.64. The van der Waals surface area contributed by atoms with E-state index in [1.54, 1.807) is 29.4 Å². The molecule has 0 aliphatic carbocycles. The minimum Gasteiger partial charge on any atom is -0.357 e. The third kappa shape index (κ3) is 3.68. The number of anilines is 2. The van der Waals surface area contributed by atoms with Gasteiger partial charge in [0.05, 0.1) is 54.7 Å². The Bertz CT molecular complexity index is 699. The van der Waals surface area contributed by atoms with Gasteiger partial charge in [0.25, 0.3) is 5.91 Å². The quantitative estimate of drug-likeness (QED) is 0.887. The first-order valence-corrected chi connectivity index (χ1v) is 8.65. The maximum Gasteiger partial charge on any atom is 0.257 e. The fraction of sp³-hybridized carbons (Fsp3) is 0.333. The van der Waals surface area contributed by atoms with Crippen molar-refractivity contribution in [3.8, 4) is 0 Å². The van der Waals surface area contributed by atoms with Crippen LogP contribution >= 0.6 is 11.6 Å². The molecule has 2 aromatic rings. The monoisotopic (exact) mass is 345 g/mol. The largest absolute Gasteiger partial charge is 0.357 e. The Morgan fingerprint density at radius 1 is 1.29 bits per heavy atom. The van der Waals surface area contributed by atoms with Crippen molar-refractivity contribution in [2.45, 2.75) is 6.92 Å². The van der Waals surface area contributed by atoms with Crippen molar-refractivity contribution in [2.24, 2.45) is 0 Å². The summed E-state index contributed by atoms with van der Waals surface area (Å²) in [6, 6.07) is 9.12. The van der Waals surface area contributed by atoms with Crippen molar-refractivity contribution in [3.05, 3.63) is 53.3 Å². The number of benzene rings is 1. The molecular formula is C18H22ClN4O+. The second-order valence-electron chi connectivity index (χ2n) is 5.92. The van der Waals surface area contributed by atoms with E-state index in [0.717, 1.165) is 44.1 Å². The molecule has 1 aromatic heterocycles. The molecule has 0 spiro atoms. The van der Waals surface area contributed by atoms with Gasteiger partial charge in [-0.3, -0.25) is 9.78 Å². The number of quaternary nitrogens is 1. The number of piperazine rings is 1. The SMILES string of the molecule is CC[NH+]1CCN(c2c(Cl)cccc2NC(=O)c2cccnc2)CC1. The second-order valence-corrected chi connectivity index (χ2v) is 6.33. The Labute approximate surface area is 147 Å². The molecule has 1 fully saturated rings. The highest BCUT2D eigenvalue weighted by Gasteiger charge is 2.23. The number of hydrogen-bond acceptors (Lipinski definition) is 3. The zero-order chi connectivity index (χ0) is 16.9. The Balaban J connectivity index is 1.82. The van der Waals surface area contributed by atoms with Crippen LogP contribution in [-0.2, 0) is 0 Å². The van der Waals surface area contributed by atoms with E-state index in [1.165, 1.54) is 0 Å². The maximum absolute atomic E-state index is 12.4. The molecule has 1 aromatic carbocycles. The zero-order valence-corrected chi connectivity index (χ0v) is 14.5. The molecule has 3 rings (SSSR count). The molecule has 1 aliphatic rings. The Hall–Kier alpha value is -2.11. The molecule has 1 saturated heterocycles. The Morgan fingerprint density at radius 2 is 2.08 bits per heavy atom. The number of carbonyl (C=O) groups excluding carboxylic acids is 1. The van der Waals surface area contributed by atoms with Crippen molar-refractivity contribution in [1.29, 1.82) is 0 Å². The van der Waals surface area contributed by atoms with E-state index in [0.29, 0.717) is 10.6 Å².